The molecule has 3 rings (SSSR count). The van der Waals surface area contributed by atoms with Crippen molar-refractivity contribution in [3.05, 3.63) is 74.9 Å². The molecule has 0 radical (unpaired) electrons. The molecule has 0 aliphatic rings. The van der Waals surface area contributed by atoms with Crippen LogP contribution in [0.4, 0.5) is 5.82 Å². The monoisotopic (exact) mass is 409 g/mol. The van der Waals surface area contributed by atoms with Gasteiger partial charge in [0.25, 0.3) is 5.91 Å². The molecular weight excluding hydrogens is 397 g/mol. The van der Waals surface area contributed by atoms with E-state index >= 15 is 0 Å². The number of rotatable bonds is 5. The number of nitrogens with one attached hydrogen (secondary N) is 1. The SMILES string of the molecule is COc1cccc(Cl)c1C(=O)Nc1ccn(Cc2ccc(Cl)cc2Cl)n1. The van der Waals surface area contributed by atoms with E-state index in [0.29, 0.717) is 33.2 Å². The van der Waals surface area contributed by atoms with Crippen LogP contribution >= 0.6 is 34.8 Å². The zero-order valence-corrected chi connectivity index (χ0v) is 15.9. The second-order valence-corrected chi connectivity index (χ2v) is 6.66. The summed E-state index contributed by atoms with van der Waals surface area (Å²) in [5.74, 6) is 0.381. The molecule has 0 bridgehead atoms. The molecule has 0 aliphatic carbocycles. The zero-order valence-electron chi connectivity index (χ0n) is 13.7. The number of amides is 1. The predicted octanol–water partition coefficient (Wildman–Crippen LogP) is 5.15. The maximum atomic E-state index is 12.5. The van der Waals surface area contributed by atoms with Gasteiger partial charge in [0.05, 0.1) is 18.7 Å². The first-order valence-corrected chi connectivity index (χ1v) is 8.72. The fourth-order valence-corrected chi connectivity index (χ4v) is 3.13. The summed E-state index contributed by atoms with van der Waals surface area (Å²) in [6.45, 7) is 0.446. The summed E-state index contributed by atoms with van der Waals surface area (Å²) in [6, 6.07) is 12.0. The van der Waals surface area contributed by atoms with Gasteiger partial charge < -0.3 is 10.1 Å². The second-order valence-electron chi connectivity index (χ2n) is 5.41. The first-order chi connectivity index (χ1) is 12.5. The largest absolute Gasteiger partial charge is 0.496 e. The van der Waals surface area contributed by atoms with E-state index < -0.39 is 5.91 Å². The highest BCUT2D eigenvalue weighted by Gasteiger charge is 2.17. The van der Waals surface area contributed by atoms with Crippen LogP contribution in [0.2, 0.25) is 15.1 Å². The molecule has 8 heteroatoms. The molecule has 2 aromatic carbocycles. The molecule has 5 nitrogen and oxygen atoms in total. The summed E-state index contributed by atoms with van der Waals surface area (Å²) < 4.78 is 6.86. The molecule has 0 fully saturated rings. The fourth-order valence-electron chi connectivity index (χ4n) is 2.41. The number of halogens is 3. The molecule has 0 saturated heterocycles. The van der Waals surface area contributed by atoms with Gasteiger partial charge in [-0.15, -0.1) is 0 Å². The zero-order chi connectivity index (χ0) is 18.7. The minimum atomic E-state index is -0.401. The minimum absolute atomic E-state index is 0.256. The van der Waals surface area contributed by atoms with Crippen molar-refractivity contribution in [3.8, 4) is 5.75 Å². The lowest BCUT2D eigenvalue weighted by Gasteiger charge is -2.09. The lowest BCUT2D eigenvalue weighted by molar-refractivity contribution is 0.102. The summed E-state index contributed by atoms with van der Waals surface area (Å²) in [4.78, 5) is 12.5. The van der Waals surface area contributed by atoms with Crippen molar-refractivity contribution >= 4 is 46.5 Å². The van der Waals surface area contributed by atoms with Gasteiger partial charge in [-0.1, -0.05) is 46.9 Å². The van der Waals surface area contributed by atoms with Crippen LogP contribution in [0.1, 0.15) is 15.9 Å². The molecule has 26 heavy (non-hydrogen) atoms. The van der Waals surface area contributed by atoms with Gasteiger partial charge in [-0.2, -0.15) is 5.10 Å². The van der Waals surface area contributed by atoms with E-state index in [-0.39, 0.29) is 5.56 Å². The van der Waals surface area contributed by atoms with Crippen molar-refractivity contribution in [2.75, 3.05) is 12.4 Å². The van der Waals surface area contributed by atoms with Crippen LogP contribution in [0.15, 0.2) is 48.7 Å². The van der Waals surface area contributed by atoms with E-state index in [0.717, 1.165) is 5.56 Å². The maximum Gasteiger partial charge on any atom is 0.262 e. The molecule has 0 spiro atoms. The van der Waals surface area contributed by atoms with Crippen molar-refractivity contribution in [2.24, 2.45) is 0 Å². The van der Waals surface area contributed by atoms with Crippen molar-refractivity contribution in [1.82, 2.24) is 9.78 Å². The normalized spacial score (nSPS) is 10.6. The van der Waals surface area contributed by atoms with Gasteiger partial charge in [0.2, 0.25) is 0 Å². The number of anilines is 1. The van der Waals surface area contributed by atoms with E-state index in [1.165, 1.54) is 7.11 Å². The van der Waals surface area contributed by atoms with Crippen LogP contribution in [-0.4, -0.2) is 22.8 Å². The van der Waals surface area contributed by atoms with E-state index in [9.17, 15) is 4.79 Å². The lowest BCUT2D eigenvalue weighted by Crippen LogP contribution is -2.14. The van der Waals surface area contributed by atoms with Gasteiger partial charge in [-0.05, 0) is 29.8 Å². The Bertz CT molecular complexity index is 957. The third-order valence-electron chi connectivity index (χ3n) is 3.65. The molecule has 1 N–H and O–H groups in total. The third-order valence-corrected chi connectivity index (χ3v) is 4.55. The number of carbonyl (C=O) groups is 1. The standard InChI is InChI=1S/C18H14Cl3N3O2/c1-26-15-4-2-3-13(20)17(15)18(25)22-16-7-8-24(23-16)10-11-5-6-12(19)9-14(11)21/h2-9H,10H2,1H3,(H,22,23,25). The number of hydrogen-bond acceptors (Lipinski definition) is 3. The van der Waals surface area contributed by atoms with Gasteiger partial charge in [0, 0.05) is 22.3 Å². The van der Waals surface area contributed by atoms with Crippen molar-refractivity contribution in [1.29, 1.82) is 0 Å². The Balaban J connectivity index is 1.75. The molecule has 1 heterocycles. The van der Waals surface area contributed by atoms with E-state index in [1.807, 2.05) is 6.07 Å². The Hall–Kier alpha value is -2.21. The first-order valence-electron chi connectivity index (χ1n) is 7.59. The Labute approximate surface area is 165 Å². The summed E-state index contributed by atoms with van der Waals surface area (Å²) in [5, 5.41) is 8.47. The number of ether oxygens (including phenoxy) is 1. The maximum absolute atomic E-state index is 12.5. The summed E-state index contributed by atoms with van der Waals surface area (Å²) in [6.07, 6.45) is 1.74. The van der Waals surface area contributed by atoms with E-state index in [4.69, 9.17) is 39.5 Å². The molecule has 1 aromatic heterocycles. The van der Waals surface area contributed by atoms with E-state index in [1.54, 1.807) is 47.3 Å². The predicted molar refractivity (Wildman–Crippen MR) is 104 cm³/mol. The summed E-state index contributed by atoms with van der Waals surface area (Å²) >= 11 is 18.2. The molecule has 1 amide bonds. The van der Waals surface area contributed by atoms with Gasteiger partial charge in [0.1, 0.15) is 11.3 Å². The smallest absolute Gasteiger partial charge is 0.262 e. The molecule has 3 aromatic rings. The van der Waals surface area contributed by atoms with Crippen LogP contribution in [0.5, 0.6) is 5.75 Å². The summed E-state index contributed by atoms with van der Waals surface area (Å²) in [5.41, 5.74) is 1.12. The van der Waals surface area contributed by atoms with Crippen molar-refractivity contribution in [3.63, 3.8) is 0 Å². The van der Waals surface area contributed by atoms with Gasteiger partial charge >= 0.3 is 0 Å². The van der Waals surface area contributed by atoms with Crippen LogP contribution in [0.25, 0.3) is 0 Å². The highest BCUT2D eigenvalue weighted by Crippen LogP contribution is 2.27. The molecule has 134 valence electrons. The molecule has 0 unspecified atom stereocenters. The lowest BCUT2D eigenvalue weighted by atomic mass is 10.2. The van der Waals surface area contributed by atoms with Crippen molar-refractivity contribution in [2.45, 2.75) is 6.54 Å². The van der Waals surface area contributed by atoms with Crippen LogP contribution < -0.4 is 10.1 Å². The molecule has 0 saturated carbocycles. The molecule has 0 atom stereocenters. The first kappa shape index (κ1) is 18.6. The number of hydrogen-bond donors (Lipinski definition) is 1. The Morgan fingerprint density at radius 2 is 1.96 bits per heavy atom. The fraction of sp³-hybridized carbons (Fsp3) is 0.111. The van der Waals surface area contributed by atoms with Crippen LogP contribution in [-0.2, 0) is 6.54 Å². The number of methoxy groups -OCH3 is 1. The Morgan fingerprint density at radius 1 is 1.15 bits per heavy atom. The summed E-state index contributed by atoms with van der Waals surface area (Å²) in [7, 11) is 1.48. The number of aromatic nitrogens is 2. The third kappa shape index (κ3) is 4.12. The van der Waals surface area contributed by atoms with Crippen LogP contribution in [0.3, 0.4) is 0 Å². The number of nitrogens with zero attached hydrogens (tertiary/aromatic N) is 2. The molecular formula is C18H14Cl3N3O2. The van der Waals surface area contributed by atoms with Gasteiger partial charge in [-0.25, -0.2) is 0 Å². The highest BCUT2D eigenvalue weighted by molar-refractivity contribution is 6.35. The second kappa shape index (κ2) is 7.99. The van der Waals surface area contributed by atoms with Gasteiger partial charge in [-0.3, -0.25) is 9.48 Å². The molecule has 0 aliphatic heterocycles. The average Bonchev–Trinajstić information content (AvgIpc) is 3.04. The number of carbonyl (C=O) groups excluding carboxylic acids is 1. The number of benzene rings is 2. The topological polar surface area (TPSA) is 56.1 Å². The average molecular weight is 411 g/mol. The van der Waals surface area contributed by atoms with E-state index in [2.05, 4.69) is 10.4 Å². The minimum Gasteiger partial charge on any atom is -0.496 e. The quantitative estimate of drug-likeness (QED) is 0.632. The Morgan fingerprint density at radius 3 is 2.69 bits per heavy atom. The highest BCUT2D eigenvalue weighted by atomic mass is 35.5. The van der Waals surface area contributed by atoms with Crippen molar-refractivity contribution < 1.29 is 9.53 Å². The Kier molecular flexibility index (Phi) is 5.71. The van der Waals surface area contributed by atoms with Crippen LogP contribution in [0, 0.1) is 0 Å². The van der Waals surface area contributed by atoms with Gasteiger partial charge in [0.15, 0.2) is 5.82 Å².